The number of carbonyl (C=O) groups is 1. The Hall–Kier alpha value is -1.36. The SMILES string of the molecule is Cc1cc(C(=O)N2CCN(Cc3ccc(Cl)cc3)CC2)sc1C. The van der Waals surface area contributed by atoms with Crippen LogP contribution < -0.4 is 0 Å². The van der Waals surface area contributed by atoms with Gasteiger partial charge in [0, 0.05) is 42.6 Å². The van der Waals surface area contributed by atoms with Gasteiger partial charge in [0.25, 0.3) is 5.91 Å². The Kier molecular flexibility index (Phi) is 5.05. The van der Waals surface area contributed by atoms with Crippen molar-refractivity contribution in [2.75, 3.05) is 26.2 Å². The largest absolute Gasteiger partial charge is 0.335 e. The van der Waals surface area contributed by atoms with E-state index < -0.39 is 0 Å². The molecule has 23 heavy (non-hydrogen) atoms. The van der Waals surface area contributed by atoms with Gasteiger partial charge in [-0.15, -0.1) is 11.3 Å². The lowest BCUT2D eigenvalue weighted by molar-refractivity contribution is 0.0633. The fourth-order valence-corrected chi connectivity index (χ4v) is 3.92. The molecular weight excluding hydrogens is 328 g/mol. The highest BCUT2D eigenvalue weighted by molar-refractivity contribution is 7.14. The summed E-state index contributed by atoms with van der Waals surface area (Å²) in [6, 6.07) is 10.0. The van der Waals surface area contributed by atoms with E-state index in [1.54, 1.807) is 11.3 Å². The maximum Gasteiger partial charge on any atom is 0.264 e. The summed E-state index contributed by atoms with van der Waals surface area (Å²) in [6.07, 6.45) is 0. The molecular formula is C18H21ClN2OS. The Morgan fingerprint density at radius 1 is 1.13 bits per heavy atom. The monoisotopic (exact) mass is 348 g/mol. The van der Waals surface area contributed by atoms with E-state index in [4.69, 9.17) is 11.6 Å². The molecule has 0 N–H and O–H groups in total. The molecule has 1 aromatic heterocycles. The normalized spacial score (nSPS) is 15.9. The van der Waals surface area contributed by atoms with Crippen molar-refractivity contribution in [3.63, 3.8) is 0 Å². The van der Waals surface area contributed by atoms with Gasteiger partial charge in [-0.3, -0.25) is 9.69 Å². The number of nitrogens with zero attached hydrogens (tertiary/aromatic N) is 2. The third-order valence-corrected chi connectivity index (χ3v) is 5.75. The standard InChI is InChI=1S/C18H21ClN2OS/c1-13-11-17(23-14(13)2)18(22)21-9-7-20(8-10-21)12-15-3-5-16(19)6-4-15/h3-6,11H,7-10,12H2,1-2H3. The molecule has 1 fully saturated rings. The second kappa shape index (κ2) is 7.04. The average molecular weight is 349 g/mol. The molecule has 1 aromatic carbocycles. The summed E-state index contributed by atoms with van der Waals surface area (Å²) in [5, 5.41) is 0.769. The Morgan fingerprint density at radius 2 is 1.78 bits per heavy atom. The molecule has 0 aliphatic carbocycles. The van der Waals surface area contributed by atoms with Gasteiger partial charge in [0.05, 0.1) is 4.88 Å². The number of hydrogen-bond donors (Lipinski definition) is 0. The van der Waals surface area contributed by atoms with Crippen LogP contribution in [0.15, 0.2) is 30.3 Å². The van der Waals surface area contributed by atoms with E-state index in [2.05, 4.69) is 30.9 Å². The van der Waals surface area contributed by atoms with Gasteiger partial charge in [-0.25, -0.2) is 0 Å². The molecule has 1 saturated heterocycles. The molecule has 122 valence electrons. The third-order valence-electron chi connectivity index (χ3n) is 4.36. The van der Waals surface area contributed by atoms with Gasteiger partial charge in [0.15, 0.2) is 0 Å². The second-order valence-corrected chi connectivity index (χ2v) is 7.74. The minimum absolute atomic E-state index is 0.178. The summed E-state index contributed by atoms with van der Waals surface area (Å²) < 4.78 is 0. The Balaban J connectivity index is 1.55. The van der Waals surface area contributed by atoms with E-state index in [1.807, 2.05) is 23.1 Å². The topological polar surface area (TPSA) is 23.6 Å². The molecule has 0 unspecified atom stereocenters. The summed E-state index contributed by atoms with van der Waals surface area (Å²) in [5.41, 5.74) is 2.47. The zero-order chi connectivity index (χ0) is 16.4. The Bertz CT molecular complexity index is 668. The van der Waals surface area contributed by atoms with Crippen LogP contribution in [0.2, 0.25) is 5.02 Å². The number of carbonyl (C=O) groups excluding carboxylic acids is 1. The van der Waals surface area contributed by atoms with Gasteiger partial charge < -0.3 is 4.90 Å². The maximum atomic E-state index is 12.6. The number of benzene rings is 1. The van der Waals surface area contributed by atoms with E-state index in [0.29, 0.717) is 0 Å². The van der Waals surface area contributed by atoms with Crippen LogP contribution in [-0.2, 0) is 6.54 Å². The molecule has 5 heteroatoms. The molecule has 3 nitrogen and oxygen atoms in total. The second-order valence-electron chi connectivity index (χ2n) is 6.04. The first-order chi connectivity index (χ1) is 11.0. The summed E-state index contributed by atoms with van der Waals surface area (Å²) >= 11 is 7.53. The number of rotatable bonds is 3. The molecule has 1 aliphatic rings. The minimum Gasteiger partial charge on any atom is -0.335 e. The molecule has 0 atom stereocenters. The maximum absolute atomic E-state index is 12.6. The predicted octanol–water partition coefficient (Wildman–Crippen LogP) is 3.98. The zero-order valence-electron chi connectivity index (χ0n) is 13.5. The Morgan fingerprint density at radius 3 is 2.35 bits per heavy atom. The lowest BCUT2D eigenvalue weighted by Gasteiger charge is -2.34. The van der Waals surface area contributed by atoms with Crippen molar-refractivity contribution >= 4 is 28.8 Å². The average Bonchev–Trinajstić information content (AvgIpc) is 2.89. The van der Waals surface area contributed by atoms with Crippen molar-refractivity contribution in [2.45, 2.75) is 20.4 Å². The highest BCUT2D eigenvalue weighted by atomic mass is 35.5. The summed E-state index contributed by atoms with van der Waals surface area (Å²) in [6.45, 7) is 8.46. The van der Waals surface area contributed by atoms with Gasteiger partial charge >= 0.3 is 0 Å². The number of aryl methyl sites for hydroxylation is 2. The predicted molar refractivity (Wildman–Crippen MR) is 96.4 cm³/mol. The molecule has 2 aromatic rings. The van der Waals surface area contributed by atoms with E-state index in [-0.39, 0.29) is 5.91 Å². The van der Waals surface area contributed by atoms with Crippen LogP contribution in [0.1, 0.15) is 25.7 Å². The smallest absolute Gasteiger partial charge is 0.264 e. The summed E-state index contributed by atoms with van der Waals surface area (Å²) in [4.78, 5) is 19.0. The summed E-state index contributed by atoms with van der Waals surface area (Å²) in [5.74, 6) is 0.178. The van der Waals surface area contributed by atoms with Crippen LogP contribution in [0.3, 0.4) is 0 Å². The van der Waals surface area contributed by atoms with Crippen molar-refractivity contribution in [3.8, 4) is 0 Å². The highest BCUT2D eigenvalue weighted by Gasteiger charge is 2.23. The summed E-state index contributed by atoms with van der Waals surface area (Å²) in [7, 11) is 0. The van der Waals surface area contributed by atoms with Crippen molar-refractivity contribution in [1.29, 1.82) is 0 Å². The fourth-order valence-electron chi connectivity index (χ4n) is 2.79. The van der Waals surface area contributed by atoms with Crippen molar-refractivity contribution in [1.82, 2.24) is 9.80 Å². The molecule has 1 aliphatic heterocycles. The van der Waals surface area contributed by atoms with Crippen LogP contribution in [0.25, 0.3) is 0 Å². The zero-order valence-corrected chi connectivity index (χ0v) is 15.1. The van der Waals surface area contributed by atoms with Gasteiger partial charge in [0.2, 0.25) is 0 Å². The van der Waals surface area contributed by atoms with Gasteiger partial charge in [-0.2, -0.15) is 0 Å². The molecule has 2 heterocycles. The molecule has 0 saturated carbocycles. The lowest BCUT2D eigenvalue weighted by Crippen LogP contribution is -2.48. The van der Waals surface area contributed by atoms with E-state index in [9.17, 15) is 4.79 Å². The van der Waals surface area contributed by atoms with Crippen LogP contribution >= 0.6 is 22.9 Å². The molecule has 0 spiro atoms. The Labute approximate surface area is 146 Å². The van der Waals surface area contributed by atoms with Gasteiger partial charge in [0.1, 0.15) is 0 Å². The molecule has 3 rings (SSSR count). The van der Waals surface area contributed by atoms with Crippen molar-refractivity contribution in [2.24, 2.45) is 0 Å². The van der Waals surface area contributed by atoms with E-state index in [1.165, 1.54) is 16.0 Å². The number of hydrogen-bond acceptors (Lipinski definition) is 3. The number of amides is 1. The van der Waals surface area contributed by atoms with Crippen LogP contribution in [0, 0.1) is 13.8 Å². The third kappa shape index (κ3) is 3.94. The van der Waals surface area contributed by atoms with Gasteiger partial charge in [-0.05, 0) is 43.2 Å². The fraction of sp³-hybridized carbons (Fsp3) is 0.389. The molecule has 0 radical (unpaired) electrons. The van der Waals surface area contributed by atoms with Crippen molar-refractivity contribution < 1.29 is 4.79 Å². The number of thiophene rings is 1. The first-order valence-corrected chi connectivity index (χ1v) is 9.05. The first kappa shape index (κ1) is 16.5. The minimum atomic E-state index is 0.178. The number of piperazine rings is 1. The van der Waals surface area contributed by atoms with Gasteiger partial charge in [-0.1, -0.05) is 23.7 Å². The van der Waals surface area contributed by atoms with E-state index >= 15 is 0 Å². The molecule has 1 amide bonds. The highest BCUT2D eigenvalue weighted by Crippen LogP contribution is 2.23. The van der Waals surface area contributed by atoms with Crippen LogP contribution in [0.5, 0.6) is 0 Å². The quantitative estimate of drug-likeness (QED) is 0.837. The lowest BCUT2D eigenvalue weighted by atomic mass is 10.2. The van der Waals surface area contributed by atoms with Crippen molar-refractivity contribution in [3.05, 3.63) is 56.2 Å². The number of halogens is 1. The first-order valence-electron chi connectivity index (χ1n) is 7.86. The van der Waals surface area contributed by atoms with Crippen LogP contribution in [-0.4, -0.2) is 41.9 Å². The van der Waals surface area contributed by atoms with Crippen LogP contribution in [0.4, 0.5) is 0 Å². The molecule has 0 bridgehead atoms. The van der Waals surface area contributed by atoms with E-state index in [0.717, 1.165) is 42.6 Å².